The van der Waals surface area contributed by atoms with Crippen LogP contribution in [0.15, 0.2) is 48.5 Å². The average Bonchev–Trinajstić information content (AvgIpc) is 3.18. The first-order valence-electron chi connectivity index (χ1n) is 10.1. The molecule has 7 nitrogen and oxygen atoms in total. The molecule has 1 aliphatic heterocycles. The van der Waals surface area contributed by atoms with Crippen LogP contribution < -0.4 is 9.64 Å². The molecular weight excluding hydrogens is 403 g/mol. The Kier molecular flexibility index (Phi) is 7.23. The van der Waals surface area contributed by atoms with Crippen LogP contribution in [-0.2, 0) is 25.7 Å². The molecule has 0 aromatic heterocycles. The highest BCUT2D eigenvalue weighted by Crippen LogP contribution is 2.23. The van der Waals surface area contributed by atoms with E-state index >= 15 is 0 Å². The average molecular weight is 428 g/mol. The van der Waals surface area contributed by atoms with Gasteiger partial charge in [0.2, 0.25) is 5.91 Å². The fourth-order valence-electron chi connectivity index (χ4n) is 3.36. The van der Waals surface area contributed by atoms with Gasteiger partial charge in [-0.1, -0.05) is 12.1 Å². The zero-order chi connectivity index (χ0) is 22.4. The highest BCUT2D eigenvalue weighted by atomic mass is 19.1. The topological polar surface area (TPSA) is 76.1 Å². The zero-order valence-electron chi connectivity index (χ0n) is 17.5. The quantitative estimate of drug-likeness (QED) is 0.605. The third kappa shape index (κ3) is 6.04. The minimum absolute atomic E-state index is 0.0956. The molecule has 1 fully saturated rings. The van der Waals surface area contributed by atoms with Gasteiger partial charge in [-0.15, -0.1) is 0 Å². The molecule has 0 N–H and O–H groups in total. The van der Waals surface area contributed by atoms with E-state index in [1.165, 1.54) is 24.0 Å². The fourth-order valence-corrected chi connectivity index (χ4v) is 3.36. The van der Waals surface area contributed by atoms with Crippen LogP contribution in [0.1, 0.15) is 25.3 Å². The number of nitrogens with zero attached hydrogens (tertiary/aromatic N) is 2. The van der Waals surface area contributed by atoms with Crippen LogP contribution in [-0.4, -0.2) is 49.0 Å². The van der Waals surface area contributed by atoms with Crippen molar-refractivity contribution in [2.75, 3.05) is 25.1 Å². The summed E-state index contributed by atoms with van der Waals surface area (Å²) in [5.41, 5.74) is 1.43. The Hall–Kier alpha value is -3.42. The molecule has 164 valence electrons. The maximum absolute atomic E-state index is 13.3. The van der Waals surface area contributed by atoms with Crippen molar-refractivity contribution in [3.8, 4) is 5.75 Å². The van der Waals surface area contributed by atoms with Gasteiger partial charge in [0.15, 0.2) is 12.7 Å². The fraction of sp³-hybridized carbons (Fsp3) is 0.348. The number of amides is 2. The zero-order valence-corrected chi connectivity index (χ0v) is 17.5. The highest BCUT2D eigenvalue weighted by molar-refractivity contribution is 5.95. The first kappa shape index (κ1) is 22.3. The summed E-state index contributed by atoms with van der Waals surface area (Å²) in [6.07, 6.45) is 0.397. The largest absolute Gasteiger partial charge is 0.482 e. The van der Waals surface area contributed by atoms with Crippen LogP contribution in [0, 0.1) is 5.82 Å². The molecule has 0 radical (unpaired) electrons. The first-order chi connectivity index (χ1) is 14.8. The van der Waals surface area contributed by atoms with Crippen LogP contribution in [0.25, 0.3) is 0 Å². The second kappa shape index (κ2) is 10.1. The summed E-state index contributed by atoms with van der Waals surface area (Å²) >= 11 is 0. The molecule has 0 bridgehead atoms. The molecule has 0 saturated carbocycles. The first-order valence-corrected chi connectivity index (χ1v) is 10.1. The molecule has 1 heterocycles. The minimum atomic E-state index is -1.00. The van der Waals surface area contributed by atoms with Crippen LogP contribution in [0.3, 0.4) is 0 Å². The lowest BCUT2D eigenvalue weighted by atomic mass is 10.2. The Morgan fingerprint density at radius 3 is 2.58 bits per heavy atom. The van der Waals surface area contributed by atoms with Gasteiger partial charge >= 0.3 is 5.97 Å². The lowest BCUT2D eigenvalue weighted by Gasteiger charge is -2.21. The molecular formula is C23H25FN2O5. The van der Waals surface area contributed by atoms with E-state index in [1.807, 2.05) is 0 Å². The van der Waals surface area contributed by atoms with E-state index in [9.17, 15) is 18.8 Å². The summed E-state index contributed by atoms with van der Waals surface area (Å²) in [4.78, 5) is 39.3. The summed E-state index contributed by atoms with van der Waals surface area (Å²) in [6, 6.07) is 12.8. The second-order valence-corrected chi connectivity index (χ2v) is 7.39. The van der Waals surface area contributed by atoms with Gasteiger partial charge in [0.1, 0.15) is 11.6 Å². The number of carbonyl (C=O) groups excluding carboxylic acids is 3. The highest BCUT2D eigenvalue weighted by Gasteiger charge is 2.23. The van der Waals surface area contributed by atoms with E-state index < -0.39 is 18.0 Å². The van der Waals surface area contributed by atoms with Gasteiger partial charge in [0, 0.05) is 32.2 Å². The van der Waals surface area contributed by atoms with E-state index in [4.69, 9.17) is 9.47 Å². The van der Waals surface area contributed by atoms with Gasteiger partial charge in [-0.3, -0.25) is 9.59 Å². The molecule has 1 unspecified atom stereocenters. The lowest BCUT2D eigenvalue weighted by molar-refractivity contribution is -0.160. The summed E-state index contributed by atoms with van der Waals surface area (Å²) in [6.45, 7) is 2.02. The monoisotopic (exact) mass is 428 g/mol. The number of rotatable bonds is 8. The minimum Gasteiger partial charge on any atom is -0.482 e. The van der Waals surface area contributed by atoms with Crippen molar-refractivity contribution in [1.29, 1.82) is 0 Å². The molecule has 1 aliphatic rings. The smallest absolute Gasteiger partial charge is 0.344 e. The molecule has 0 spiro atoms. The van der Waals surface area contributed by atoms with Crippen LogP contribution >= 0.6 is 0 Å². The number of esters is 1. The van der Waals surface area contributed by atoms with Gasteiger partial charge < -0.3 is 19.3 Å². The van der Waals surface area contributed by atoms with E-state index in [0.29, 0.717) is 24.3 Å². The number of hydrogen-bond donors (Lipinski definition) is 0. The van der Waals surface area contributed by atoms with Crippen molar-refractivity contribution in [2.45, 2.75) is 32.4 Å². The Morgan fingerprint density at radius 1 is 1.19 bits per heavy atom. The number of likely N-dealkylation sites (N-methyl/N-ethyl adjacent to an activating group) is 1. The molecule has 1 atom stereocenters. The standard InChI is InChI=1S/C23H25FN2O5/c1-16(23(29)25(2)14-17-5-3-6-18(24)13-17)31-22(28)15-30-20-10-8-19(9-11-20)26-12-4-7-21(26)27/h3,5-6,8-11,13,16H,4,7,12,14-15H2,1-2H3. The summed E-state index contributed by atoms with van der Waals surface area (Å²) in [5.74, 6) is -0.918. The molecule has 1 saturated heterocycles. The Balaban J connectivity index is 1.45. The third-order valence-electron chi connectivity index (χ3n) is 4.92. The number of carbonyl (C=O) groups is 3. The van der Waals surface area contributed by atoms with Gasteiger partial charge in [0.05, 0.1) is 0 Å². The van der Waals surface area contributed by atoms with Gasteiger partial charge in [-0.2, -0.15) is 0 Å². The molecule has 2 aromatic carbocycles. The maximum Gasteiger partial charge on any atom is 0.344 e. The van der Waals surface area contributed by atoms with Crippen molar-refractivity contribution >= 4 is 23.5 Å². The number of halogens is 1. The van der Waals surface area contributed by atoms with Crippen molar-refractivity contribution in [3.05, 3.63) is 59.9 Å². The number of anilines is 1. The summed E-state index contributed by atoms with van der Waals surface area (Å²) < 4.78 is 23.9. The van der Waals surface area contributed by atoms with Crippen molar-refractivity contribution < 1.29 is 28.2 Å². The summed E-state index contributed by atoms with van der Waals surface area (Å²) in [7, 11) is 1.56. The van der Waals surface area contributed by atoms with E-state index in [1.54, 1.807) is 48.3 Å². The van der Waals surface area contributed by atoms with E-state index in [-0.39, 0.29) is 24.9 Å². The molecule has 2 aromatic rings. The van der Waals surface area contributed by atoms with Gasteiger partial charge in [0.25, 0.3) is 5.91 Å². The molecule has 3 rings (SSSR count). The van der Waals surface area contributed by atoms with E-state index in [2.05, 4.69) is 0 Å². The SMILES string of the molecule is CC(OC(=O)COc1ccc(N2CCCC2=O)cc1)C(=O)N(C)Cc1cccc(F)c1. The molecule has 2 amide bonds. The number of hydrogen-bond acceptors (Lipinski definition) is 5. The molecule has 31 heavy (non-hydrogen) atoms. The maximum atomic E-state index is 13.3. The summed E-state index contributed by atoms with van der Waals surface area (Å²) in [5, 5.41) is 0. The predicted octanol–water partition coefficient (Wildman–Crippen LogP) is 2.92. The predicted molar refractivity (Wildman–Crippen MR) is 112 cm³/mol. The van der Waals surface area contributed by atoms with Crippen LogP contribution in [0.2, 0.25) is 0 Å². The van der Waals surface area contributed by atoms with Crippen molar-refractivity contribution in [1.82, 2.24) is 4.90 Å². The molecule has 0 aliphatic carbocycles. The Bertz CT molecular complexity index is 947. The van der Waals surface area contributed by atoms with Crippen LogP contribution in [0.4, 0.5) is 10.1 Å². The third-order valence-corrected chi connectivity index (χ3v) is 4.92. The van der Waals surface area contributed by atoms with Crippen molar-refractivity contribution in [2.24, 2.45) is 0 Å². The number of benzene rings is 2. The second-order valence-electron chi connectivity index (χ2n) is 7.39. The van der Waals surface area contributed by atoms with E-state index in [0.717, 1.165) is 12.1 Å². The normalized spacial score (nSPS) is 14.3. The Labute approximate surface area is 180 Å². The van der Waals surface area contributed by atoms with Gasteiger partial charge in [-0.25, -0.2) is 9.18 Å². The lowest BCUT2D eigenvalue weighted by Crippen LogP contribution is -2.37. The number of ether oxygens (including phenoxy) is 2. The Morgan fingerprint density at radius 2 is 1.94 bits per heavy atom. The molecule has 8 heteroatoms. The van der Waals surface area contributed by atoms with Gasteiger partial charge in [-0.05, 0) is 55.3 Å². The van der Waals surface area contributed by atoms with Crippen molar-refractivity contribution in [3.63, 3.8) is 0 Å². The van der Waals surface area contributed by atoms with Crippen LogP contribution in [0.5, 0.6) is 5.75 Å².